The van der Waals surface area contributed by atoms with Crippen LogP contribution in [0.1, 0.15) is 25.7 Å². The molecule has 1 amide bonds. The first-order valence-corrected chi connectivity index (χ1v) is 10.7. The molecule has 140 valence electrons. The fourth-order valence-corrected chi connectivity index (χ4v) is 6.05. The number of hydrogen-bond acceptors (Lipinski definition) is 5. The summed E-state index contributed by atoms with van der Waals surface area (Å²) in [4.78, 5) is 16.5. The van der Waals surface area contributed by atoms with E-state index in [4.69, 9.17) is 5.73 Å². The van der Waals surface area contributed by atoms with Gasteiger partial charge in [-0.15, -0.1) is 11.3 Å². The standard InChI is InChI=1S/C18H23N3O3S2/c1-13-11-17(14(2)25-13)26(23,24)21-9-7-20(8-10-21)18(22)16-5-3-15(12-19)4-6-16/h3-6,11H,7-10,12,19H2,1-2H3. The molecule has 2 N–H and O–H groups in total. The maximum atomic E-state index is 12.9. The van der Waals surface area contributed by atoms with E-state index < -0.39 is 10.0 Å². The van der Waals surface area contributed by atoms with Crippen molar-refractivity contribution in [3.63, 3.8) is 0 Å². The van der Waals surface area contributed by atoms with Crippen molar-refractivity contribution in [2.45, 2.75) is 25.3 Å². The molecule has 6 nitrogen and oxygen atoms in total. The lowest BCUT2D eigenvalue weighted by Crippen LogP contribution is -2.50. The second-order valence-electron chi connectivity index (χ2n) is 6.37. The van der Waals surface area contributed by atoms with Crippen molar-refractivity contribution in [2.24, 2.45) is 5.73 Å². The molecule has 1 aliphatic heterocycles. The number of nitrogens with zero attached hydrogens (tertiary/aromatic N) is 2. The van der Waals surface area contributed by atoms with Crippen LogP contribution in [-0.4, -0.2) is 49.7 Å². The number of rotatable bonds is 4. The lowest BCUT2D eigenvalue weighted by Gasteiger charge is -2.34. The number of thiophene rings is 1. The lowest BCUT2D eigenvalue weighted by molar-refractivity contribution is 0.0698. The number of carbonyl (C=O) groups is 1. The highest BCUT2D eigenvalue weighted by atomic mass is 32.2. The second-order valence-corrected chi connectivity index (χ2v) is 9.74. The normalized spacial score (nSPS) is 16.0. The third-order valence-electron chi connectivity index (χ3n) is 4.58. The average molecular weight is 394 g/mol. The van der Waals surface area contributed by atoms with Crippen molar-refractivity contribution in [2.75, 3.05) is 26.2 Å². The number of piperazine rings is 1. The first-order valence-electron chi connectivity index (χ1n) is 8.48. The van der Waals surface area contributed by atoms with Crippen molar-refractivity contribution in [1.29, 1.82) is 0 Å². The van der Waals surface area contributed by atoms with E-state index in [0.717, 1.165) is 15.3 Å². The molecule has 2 heterocycles. The van der Waals surface area contributed by atoms with Gasteiger partial charge >= 0.3 is 0 Å². The summed E-state index contributed by atoms with van der Waals surface area (Å²) >= 11 is 1.49. The fraction of sp³-hybridized carbons (Fsp3) is 0.389. The summed E-state index contributed by atoms with van der Waals surface area (Å²) in [6, 6.07) is 8.95. The van der Waals surface area contributed by atoms with Crippen molar-refractivity contribution in [3.05, 3.63) is 51.2 Å². The highest BCUT2D eigenvalue weighted by Crippen LogP contribution is 2.28. The molecule has 2 aromatic rings. The van der Waals surface area contributed by atoms with Crippen LogP contribution >= 0.6 is 11.3 Å². The Labute approximate surface area is 158 Å². The van der Waals surface area contributed by atoms with Gasteiger partial charge in [0.15, 0.2) is 0 Å². The van der Waals surface area contributed by atoms with Crippen LogP contribution in [0, 0.1) is 13.8 Å². The van der Waals surface area contributed by atoms with Gasteiger partial charge in [0.2, 0.25) is 10.0 Å². The molecule has 1 fully saturated rings. The van der Waals surface area contributed by atoms with E-state index in [-0.39, 0.29) is 5.91 Å². The fourth-order valence-electron chi connectivity index (χ4n) is 3.10. The molecular formula is C18H23N3O3S2. The van der Waals surface area contributed by atoms with E-state index in [0.29, 0.717) is 43.2 Å². The summed E-state index contributed by atoms with van der Waals surface area (Å²) in [6.45, 7) is 5.56. The monoisotopic (exact) mass is 393 g/mol. The molecule has 26 heavy (non-hydrogen) atoms. The van der Waals surface area contributed by atoms with E-state index in [1.165, 1.54) is 15.6 Å². The number of carbonyl (C=O) groups excluding carboxylic acids is 1. The van der Waals surface area contributed by atoms with E-state index in [2.05, 4.69) is 0 Å². The average Bonchev–Trinajstić information content (AvgIpc) is 3.00. The van der Waals surface area contributed by atoms with Gasteiger partial charge in [0.1, 0.15) is 0 Å². The summed E-state index contributed by atoms with van der Waals surface area (Å²) in [6.07, 6.45) is 0. The van der Waals surface area contributed by atoms with E-state index in [1.807, 2.05) is 26.0 Å². The largest absolute Gasteiger partial charge is 0.336 e. The molecule has 0 spiro atoms. The molecule has 1 aromatic heterocycles. The van der Waals surface area contributed by atoms with Crippen LogP contribution < -0.4 is 5.73 Å². The van der Waals surface area contributed by atoms with Gasteiger partial charge in [0, 0.05) is 48.0 Å². The molecule has 0 bridgehead atoms. The van der Waals surface area contributed by atoms with Gasteiger partial charge in [-0.05, 0) is 37.6 Å². The summed E-state index contributed by atoms with van der Waals surface area (Å²) in [5, 5.41) is 0. The zero-order valence-corrected chi connectivity index (χ0v) is 16.6. The summed E-state index contributed by atoms with van der Waals surface area (Å²) < 4.78 is 27.2. The maximum Gasteiger partial charge on any atom is 0.253 e. The van der Waals surface area contributed by atoms with Crippen LogP contribution in [-0.2, 0) is 16.6 Å². The van der Waals surface area contributed by atoms with Crippen LogP contribution in [0.2, 0.25) is 0 Å². The molecule has 1 aromatic carbocycles. The molecule has 0 atom stereocenters. The van der Waals surface area contributed by atoms with Gasteiger partial charge in [-0.3, -0.25) is 4.79 Å². The maximum absolute atomic E-state index is 12.9. The third kappa shape index (κ3) is 3.68. The van der Waals surface area contributed by atoms with Crippen molar-refractivity contribution < 1.29 is 13.2 Å². The van der Waals surface area contributed by atoms with Crippen LogP contribution in [0.15, 0.2) is 35.2 Å². The Kier molecular flexibility index (Phi) is 5.47. The van der Waals surface area contributed by atoms with Gasteiger partial charge in [-0.2, -0.15) is 4.31 Å². The third-order valence-corrected chi connectivity index (χ3v) is 7.70. The number of amides is 1. The lowest BCUT2D eigenvalue weighted by atomic mass is 10.1. The van der Waals surface area contributed by atoms with E-state index in [1.54, 1.807) is 23.1 Å². The summed E-state index contributed by atoms with van der Waals surface area (Å²) in [5.41, 5.74) is 7.15. The summed E-state index contributed by atoms with van der Waals surface area (Å²) in [5.74, 6) is -0.0758. The minimum Gasteiger partial charge on any atom is -0.336 e. The predicted molar refractivity (Wildman–Crippen MR) is 103 cm³/mol. The Morgan fingerprint density at radius 2 is 1.73 bits per heavy atom. The number of nitrogens with two attached hydrogens (primary N) is 1. The quantitative estimate of drug-likeness (QED) is 0.861. The zero-order chi connectivity index (χ0) is 18.9. The topological polar surface area (TPSA) is 83.7 Å². The molecule has 0 aliphatic carbocycles. The molecular weight excluding hydrogens is 370 g/mol. The van der Waals surface area contributed by atoms with E-state index >= 15 is 0 Å². The highest BCUT2D eigenvalue weighted by molar-refractivity contribution is 7.89. The van der Waals surface area contributed by atoms with Crippen molar-refractivity contribution in [1.82, 2.24) is 9.21 Å². The molecule has 0 unspecified atom stereocenters. The number of hydrogen-bond donors (Lipinski definition) is 1. The Morgan fingerprint density at radius 3 is 2.23 bits per heavy atom. The Balaban J connectivity index is 1.68. The number of sulfonamides is 1. The van der Waals surface area contributed by atoms with E-state index in [9.17, 15) is 13.2 Å². The highest BCUT2D eigenvalue weighted by Gasteiger charge is 2.32. The Hall–Kier alpha value is -1.74. The van der Waals surface area contributed by atoms with Crippen LogP contribution in [0.4, 0.5) is 0 Å². The van der Waals surface area contributed by atoms with Crippen molar-refractivity contribution in [3.8, 4) is 0 Å². The molecule has 8 heteroatoms. The molecule has 1 aliphatic rings. The van der Waals surface area contributed by atoms with Gasteiger partial charge in [0.05, 0.1) is 4.90 Å². The van der Waals surface area contributed by atoms with Crippen molar-refractivity contribution >= 4 is 27.3 Å². The molecule has 1 saturated heterocycles. The van der Waals surface area contributed by atoms with Gasteiger partial charge in [-0.1, -0.05) is 12.1 Å². The minimum atomic E-state index is -3.50. The molecule has 3 rings (SSSR count). The minimum absolute atomic E-state index is 0.0758. The molecule has 0 saturated carbocycles. The van der Waals surface area contributed by atoms with Gasteiger partial charge in [0.25, 0.3) is 5.91 Å². The SMILES string of the molecule is Cc1cc(S(=O)(=O)N2CCN(C(=O)c3ccc(CN)cc3)CC2)c(C)s1. The first kappa shape index (κ1) is 19.0. The zero-order valence-electron chi connectivity index (χ0n) is 14.9. The predicted octanol–water partition coefficient (Wildman–Crippen LogP) is 1.97. The number of benzene rings is 1. The van der Waals surface area contributed by atoms with Gasteiger partial charge < -0.3 is 10.6 Å². The van der Waals surface area contributed by atoms with Crippen LogP contribution in [0.5, 0.6) is 0 Å². The van der Waals surface area contributed by atoms with Gasteiger partial charge in [-0.25, -0.2) is 8.42 Å². The van der Waals surface area contributed by atoms with Crippen LogP contribution in [0.3, 0.4) is 0 Å². The Bertz CT molecular complexity index is 896. The number of aryl methyl sites for hydroxylation is 2. The summed E-state index contributed by atoms with van der Waals surface area (Å²) in [7, 11) is -3.50. The van der Waals surface area contributed by atoms with Crippen LogP contribution in [0.25, 0.3) is 0 Å². The second kappa shape index (κ2) is 7.48. The molecule has 0 radical (unpaired) electrons. The Morgan fingerprint density at radius 1 is 1.12 bits per heavy atom. The first-order chi connectivity index (χ1) is 12.3. The smallest absolute Gasteiger partial charge is 0.253 e.